The van der Waals surface area contributed by atoms with E-state index in [-0.39, 0.29) is 11.3 Å². The zero-order valence-electron chi connectivity index (χ0n) is 7.68. The highest BCUT2D eigenvalue weighted by Gasteiger charge is 2.34. The second-order valence-electron chi connectivity index (χ2n) is 3.24. The molecule has 6 heteroatoms. The summed E-state index contributed by atoms with van der Waals surface area (Å²) in [4.78, 5) is 5.55. The van der Waals surface area contributed by atoms with E-state index in [1.807, 2.05) is 0 Å². The minimum absolute atomic E-state index is 0.0970. The van der Waals surface area contributed by atoms with E-state index in [9.17, 15) is 18.3 Å². The van der Waals surface area contributed by atoms with Crippen molar-refractivity contribution in [1.29, 1.82) is 0 Å². The average Bonchev–Trinajstić information content (AvgIpc) is 2.46. The van der Waals surface area contributed by atoms with Gasteiger partial charge in [0.15, 0.2) is 0 Å². The number of alkyl halides is 3. The molecular weight excluding hydrogens is 209 g/mol. The summed E-state index contributed by atoms with van der Waals surface area (Å²) in [5, 5.41) is 9.19. The van der Waals surface area contributed by atoms with Gasteiger partial charge in [0, 0.05) is 6.07 Å². The van der Waals surface area contributed by atoms with Gasteiger partial charge in [0.05, 0.1) is 11.0 Å². The lowest BCUT2D eigenvalue weighted by atomic mass is 10.2. The summed E-state index contributed by atoms with van der Waals surface area (Å²) in [6, 6.07) is 2.56. The molecule has 0 radical (unpaired) electrons. The van der Waals surface area contributed by atoms with Crippen LogP contribution in [0.1, 0.15) is 11.4 Å². The first kappa shape index (κ1) is 9.82. The molecule has 0 aliphatic heterocycles. The third-order valence-electron chi connectivity index (χ3n) is 2.04. The Hall–Kier alpha value is -1.72. The third-order valence-corrected chi connectivity index (χ3v) is 2.04. The standard InChI is InChI=1S/C9H7F3N2O/c1-4-2-5(15)3-6-7(4)14-8(13-6)9(10,11)12/h2-3,15H,1H3,(H,13,14). The average molecular weight is 216 g/mol. The summed E-state index contributed by atoms with van der Waals surface area (Å²) < 4.78 is 36.9. The van der Waals surface area contributed by atoms with E-state index in [2.05, 4.69) is 9.97 Å². The molecule has 0 bridgehead atoms. The van der Waals surface area contributed by atoms with Crippen LogP contribution in [0, 0.1) is 6.92 Å². The Morgan fingerprint density at radius 3 is 2.60 bits per heavy atom. The molecule has 0 saturated carbocycles. The van der Waals surface area contributed by atoms with Crippen LogP contribution < -0.4 is 0 Å². The number of benzene rings is 1. The lowest BCUT2D eigenvalue weighted by molar-refractivity contribution is -0.144. The molecule has 0 spiro atoms. The summed E-state index contributed by atoms with van der Waals surface area (Å²) >= 11 is 0. The zero-order valence-corrected chi connectivity index (χ0v) is 7.68. The quantitative estimate of drug-likeness (QED) is 0.711. The molecule has 0 aliphatic rings. The Labute approximate surface area is 82.6 Å². The number of H-pyrrole nitrogens is 1. The van der Waals surface area contributed by atoms with Crippen LogP contribution in [-0.2, 0) is 6.18 Å². The molecule has 0 amide bonds. The van der Waals surface area contributed by atoms with Crippen LogP contribution >= 0.6 is 0 Å². The fraction of sp³-hybridized carbons (Fsp3) is 0.222. The highest BCUT2D eigenvalue weighted by atomic mass is 19.4. The Kier molecular flexibility index (Phi) is 1.89. The Morgan fingerprint density at radius 2 is 2.00 bits per heavy atom. The van der Waals surface area contributed by atoms with Gasteiger partial charge >= 0.3 is 6.18 Å². The van der Waals surface area contributed by atoms with Crippen LogP contribution in [0.5, 0.6) is 5.75 Å². The molecule has 0 saturated heterocycles. The Balaban J connectivity index is 2.71. The summed E-state index contributed by atoms with van der Waals surface area (Å²) in [5.41, 5.74) is 0.924. The van der Waals surface area contributed by atoms with Crippen molar-refractivity contribution in [1.82, 2.24) is 9.97 Å². The fourth-order valence-corrected chi connectivity index (χ4v) is 1.40. The van der Waals surface area contributed by atoms with Crippen molar-refractivity contribution >= 4 is 11.0 Å². The number of fused-ring (bicyclic) bond motifs is 1. The van der Waals surface area contributed by atoms with Gasteiger partial charge in [-0.15, -0.1) is 0 Å². The predicted molar refractivity (Wildman–Crippen MR) is 47.5 cm³/mol. The topological polar surface area (TPSA) is 48.9 Å². The van der Waals surface area contributed by atoms with E-state index in [0.29, 0.717) is 11.1 Å². The van der Waals surface area contributed by atoms with Crippen molar-refractivity contribution in [2.75, 3.05) is 0 Å². The first-order valence-electron chi connectivity index (χ1n) is 4.14. The number of phenolic OH excluding ortho intramolecular Hbond substituents is 1. The zero-order chi connectivity index (χ0) is 11.2. The number of nitrogens with one attached hydrogen (secondary N) is 1. The van der Waals surface area contributed by atoms with E-state index < -0.39 is 12.0 Å². The second-order valence-corrected chi connectivity index (χ2v) is 3.24. The molecule has 1 aromatic heterocycles. The molecule has 3 nitrogen and oxygen atoms in total. The Bertz CT molecular complexity index is 516. The molecule has 2 N–H and O–H groups in total. The molecule has 2 aromatic rings. The molecule has 2 rings (SSSR count). The molecule has 80 valence electrons. The van der Waals surface area contributed by atoms with Crippen LogP contribution in [0.15, 0.2) is 12.1 Å². The van der Waals surface area contributed by atoms with Gasteiger partial charge in [0.2, 0.25) is 5.82 Å². The van der Waals surface area contributed by atoms with Gasteiger partial charge in [-0.3, -0.25) is 0 Å². The van der Waals surface area contributed by atoms with Crippen molar-refractivity contribution < 1.29 is 18.3 Å². The van der Waals surface area contributed by atoms with E-state index in [0.717, 1.165) is 0 Å². The Morgan fingerprint density at radius 1 is 1.33 bits per heavy atom. The van der Waals surface area contributed by atoms with E-state index in [1.165, 1.54) is 12.1 Å². The monoisotopic (exact) mass is 216 g/mol. The number of aromatic amines is 1. The molecular formula is C9H7F3N2O. The molecule has 15 heavy (non-hydrogen) atoms. The minimum atomic E-state index is -4.50. The number of rotatable bonds is 0. The number of imidazole rings is 1. The molecule has 0 atom stereocenters. The van der Waals surface area contributed by atoms with Gasteiger partial charge in [-0.25, -0.2) is 4.98 Å². The number of nitrogens with zero attached hydrogens (tertiary/aromatic N) is 1. The van der Waals surface area contributed by atoms with Gasteiger partial charge in [-0.05, 0) is 18.6 Å². The molecule has 1 heterocycles. The van der Waals surface area contributed by atoms with Gasteiger partial charge in [0.1, 0.15) is 5.75 Å². The molecule has 0 fully saturated rings. The normalized spacial score (nSPS) is 12.3. The van der Waals surface area contributed by atoms with E-state index in [4.69, 9.17) is 0 Å². The van der Waals surface area contributed by atoms with Crippen LogP contribution in [0.25, 0.3) is 11.0 Å². The number of phenols is 1. The van der Waals surface area contributed by atoms with Gasteiger partial charge in [-0.2, -0.15) is 13.2 Å². The summed E-state index contributed by atoms with van der Waals surface area (Å²) in [7, 11) is 0. The van der Waals surface area contributed by atoms with Crippen LogP contribution in [-0.4, -0.2) is 15.1 Å². The number of hydrogen-bond donors (Lipinski definition) is 2. The number of aromatic hydroxyl groups is 1. The van der Waals surface area contributed by atoms with Gasteiger partial charge in [0.25, 0.3) is 0 Å². The number of aromatic nitrogens is 2. The predicted octanol–water partition coefficient (Wildman–Crippen LogP) is 2.60. The first-order chi connectivity index (χ1) is 6.88. The summed E-state index contributed by atoms with van der Waals surface area (Å²) in [5.74, 6) is -1.15. The molecule has 0 aliphatic carbocycles. The summed E-state index contributed by atoms with van der Waals surface area (Å²) in [6.07, 6.45) is -4.50. The second kappa shape index (κ2) is 2.88. The van der Waals surface area contributed by atoms with Gasteiger partial charge < -0.3 is 10.1 Å². The number of hydrogen-bond acceptors (Lipinski definition) is 2. The molecule has 0 unspecified atom stereocenters. The van der Waals surface area contributed by atoms with Crippen molar-refractivity contribution in [2.45, 2.75) is 13.1 Å². The smallest absolute Gasteiger partial charge is 0.449 e. The van der Waals surface area contributed by atoms with E-state index >= 15 is 0 Å². The largest absolute Gasteiger partial charge is 0.508 e. The fourth-order valence-electron chi connectivity index (χ4n) is 1.40. The number of halogens is 3. The van der Waals surface area contributed by atoms with Crippen LogP contribution in [0.3, 0.4) is 0 Å². The van der Waals surface area contributed by atoms with Crippen molar-refractivity contribution in [2.24, 2.45) is 0 Å². The maximum absolute atomic E-state index is 12.3. The lowest BCUT2D eigenvalue weighted by Crippen LogP contribution is -2.06. The van der Waals surface area contributed by atoms with Crippen LogP contribution in [0.2, 0.25) is 0 Å². The van der Waals surface area contributed by atoms with Crippen LogP contribution in [0.4, 0.5) is 13.2 Å². The van der Waals surface area contributed by atoms with Crippen molar-refractivity contribution in [3.63, 3.8) is 0 Å². The maximum Gasteiger partial charge on any atom is 0.449 e. The molecule has 1 aromatic carbocycles. The van der Waals surface area contributed by atoms with Gasteiger partial charge in [-0.1, -0.05) is 0 Å². The highest BCUT2D eigenvalue weighted by molar-refractivity contribution is 5.80. The SMILES string of the molecule is Cc1cc(O)cc2nc(C(F)(F)F)[nH]c12. The third kappa shape index (κ3) is 1.62. The van der Waals surface area contributed by atoms with Crippen molar-refractivity contribution in [3.05, 3.63) is 23.5 Å². The lowest BCUT2D eigenvalue weighted by Gasteiger charge is -1.99. The summed E-state index contributed by atoms with van der Waals surface area (Å²) in [6.45, 7) is 1.60. The maximum atomic E-state index is 12.3. The minimum Gasteiger partial charge on any atom is -0.508 e. The van der Waals surface area contributed by atoms with E-state index in [1.54, 1.807) is 6.92 Å². The number of aryl methyl sites for hydroxylation is 1. The van der Waals surface area contributed by atoms with Crippen molar-refractivity contribution in [3.8, 4) is 5.75 Å². The first-order valence-corrected chi connectivity index (χ1v) is 4.14. The highest BCUT2D eigenvalue weighted by Crippen LogP contribution is 2.30.